The minimum atomic E-state index is -0.220. The van der Waals surface area contributed by atoms with Gasteiger partial charge in [0.15, 0.2) is 0 Å². The number of nitrogens with one attached hydrogen (secondary N) is 1. The van der Waals surface area contributed by atoms with E-state index in [0.29, 0.717) is 32.8 Å². The number of amides is 2. The number of piperazine rings is 2. The number of carbonyl (C=O) groups excluding carboxylic acids is 2. The van der Waals surface area contributed by atoms with E-state index in [0.717, 1.165) is 57.3 Å². The molecule has 0 saturated carbocycles. The van der Waals surface area contributed by atoms with Gasteiger partial charge in [-0.15, -0.1) is 0 Å². The van der Waals surface area contributed by atoms with Crippen LogP contribution in [0.5, 0.6) is 11.5 Å². The molecule has 1 N–H and O–H groups in total. The van der Waals surface area contributed by atoms with E-state index in [4.69, 9.17) is 9.47 Å². The summed E-state index contributed by atoms with van der Waals surface area (Å²) in [4.78, 5) is 33.6. The van der Waals surface area contributed by atoms with Crippen LogP contribution in [0.2, 0.25) is 0 Å². The highest BCUT2D eigenvalue weighted by Crippen LogP contribution is 2.17. The van der Waals surface area contributed by atoms with Gasteiger partial charge in [0.05, 0.1) is 20.2 Å². The fraction of sp³-hybridized carbons (Fsp3) is 0.680. The standard InChI is InChI=1S/C25H41N5O4/c1-25(2,3)26-23(31)19-28-13-15-30(16-14-28)24(32)20-29-11-9-27(10-12-29)17-18-34-22-7-5-21(33-4)6-8-22/h5-8H,9-20H2,1-4H3,(H,26,31). The summed E-state index contributed by atoms with van der Waals surface area (Å²) >= 11 is 0. The zero-order valence-electron chi connectivity index (χ0n) is 21.2. The van der Waals surface area contributed by atoms with Crippen molar-refractivity contribution in [3.8, 4) is 11.5 Å². The van der Waals surface area contributed by atoms with E-state index in [1.807, 2.05) is 49.9 Å². The van der Waals surface area contributed by atoms with Crippen molar-refractivity contribution < 1.29 is 19.1 Å². The average molecular weight is 476 g/mol. The third-order valence-electron chi connectivity index (χ3n) is 6.17. The molecule has 0 spiro atoms. The normalized spacial score (nSPS) is 18.5. The van der Waals surface area contributed by atoms with Crippen molar-refractivity contribution in [2.24, 2.45) is 0 Å². The molecule has 1 aromatic rings. The Morgan fingerprint density at radius 2 is 1.35 bits per heavy atom. The molecule has 0 aromatic heterocycles. The van der Waals surface area contributed by atoms with E-state index in [-0.39, 0.29) is 17.4 Å². The van der Waals surface area contributed by atoms with Crippen molar-refractivity contribution >= 4 is 11.8 Å². The fourth-order valence-electron chi connectivity index (χ4n) is 4.24. The number of rotatable bonds is 9. The number of hydrogen-bond donors (Lipinski definition) is 1. The van der Waals surface area contributed by atoms with Gasteiger partial charge in [-0.05, 0) is 45.0 Å². The molecule has 2 aliphatic rings. The first-order valence-electron chi connectivity index (χ1n) is 12.2. The summed E-state index contributed by atoms with van der Waals surface area (Å²) in [7, 11) is 1.65. The molecule has 2 saturated heterocycles. The molecule has 2 aliphatic heterocycles. The van der Waals surface area contributed by atoms with E-state index in [1.54, 1.807) is 7.11 Å². The molecule has 9 nitrogen and oxygen atoms in total. The summed E-state index contributed by atoms with van der Waals surface area (Å²) in [5.41, 5.74) is -0.220. The first-order valence-corrected chi connectivity index (χ1v) is 12.2. The molecule has 0 radical (unpaired) electrons. The highest BCUT2D eigenvalue weighted by molar-refractivity contribution is 5.79. The number of benzene rings is 1. The van der Waals surface area contributed by atoms with Crippen LogP contribution >= 0.6 is 0 Å². The largest absolute Gasteiger partial charge is 0.497 e. The minimum absolute atomic E-state index is 0.0412. The van der Waals surface area contributed by atoms with Crippen LogP contribution in [0.3, 0.4) is 0 Å². The van der Waals surface area contributed by atoms with Crippen LogP contribution < -0.4 is 14.8 Å². The number of hydrogen-bond acceptors (Lipinski definition) is 7. The van der Waals surface area contributed by atoms with Gasteiger partial charge in [-0.1, -0.05) is 0 Å². The highest BCUT2D eigenvalue weighted by Gasteiger charge is 2.26. The van der Waals surface area contributed by atoms with Gasteiger partial charge in [0.25, 0.3) is 0 Å². The van der Waals surface area contributed by atoms with Gasteiger partial charge < -0.3 is 19.7 Å². The quantitative estimate of drug-likeness (QED) is 0.565. The average Bonchev–Trinajstić information content (AvgIpc) is 2.80. The lowest BCUT2D eigenvalue weighted by atomic mass is 10.1. The van der Waals surface area contributed by atoms with Gasteiger partial charge in [-0.2, -0.15) is 0 Å². The molecule has 2 fully saturated rings. The van der Waals surface area contributed by atoms with Gasteiger partial charge in [0, 0.05) is 64.4 Å². The van der Waals surface area contributed by atoms with Crippen molar-refractivity contribution in [3.63, 3.8) is 0 Å². The Kier molecular flexibility index (Phi) is 9.55. The van der Waals surface area contributed by atoms with Crippen LogP contribution in [0, 0.1) is 0 Å². The van der Waals surface area contributed by atoms with Crippen molar-refractivity contribution in [1.29, 1.82) is 0 Å². The number of carbonyl (C=O) groups is 2. The van der Waals surface area contributed by atoms with Crippen LogP contribution in [-0.4, -0.2) is 123 Å². The second-order valence-electron chi connectivity index (χ2n) is 10.1. The number of nitrogens with zero attached hydrogens (tertiary/aromatic N) is 4. The van der Waals surface area contributed by atoms with E-state index in [1.165, 1.54) is 0 Å². The molecule has 9 heteroatoms. The fourth-order valence-corrected chi connectivity index (χ4v) is 4.24. The molecule has 190 valence electrons. The third kappa shape index (κ3) is 8.77. The Morgan fingerprint density at radius 1 is 0.824 bits per heavy atom. The maximum atomic E-state index is 12.8. The van der Waals surface area contributed by atoms with Gasteiger partial charge in [0.2, 0.25) is 11.8 Å². The predicted molar refractivity (Wildman–Crippen MR) is 132 cm³/mol. The van der Waals surface area contributed by atoms with Gasteiger partial charge in [-0.25, -0.2) is 0 Å². The van der Waals surface area contributed by atoms with Gasteiger partial charge in [0.1, 0.15) is 18.1 Å². The summed E-state index contributed by atoms with van der Waals surface area (Å²) in [6.45, 7) is 14.8. The summed E-state index contributed by atoms with van der Waals surface area (Å²) in [6, 6.07) is 7.63. The van der Waals surface area contributed by atoms with Crippen LogP contribution in [0.15, 0.2) is 24.3 Å². The molecule has 0 unspecified atom stereocenters. The Hall–Kier alpha value is -2.36. The molecule has 2 heterocycles. The molecule has 0 bridgehead atoms. The zero-order valence-corrected chi connectivity index (χ0v) is 21.2. The SMILES string of the molecule is COc1ccc(OCCN2CCN(CC(=O)N3CCN(CC(=O)NC(C)(C)C)CC3)CC2)cc1. The topological polar surface area (TPSA) is 77.6 Å². The maximum absolute atomic E-state index is 12.8. The van der Waals surface area contributed by atoms with E-state index < -0.39 is 0 Å². The summed E-state index contributed by atoms with van der Waals surface area (Å²) in [5, 5.41) is 3.00. The molecular weight excluding hydrogens is 434 g/mol. The van der Waals surface area contributed by atoms with Crippen LogP contribution in [0.4, 0.5) is 0 Å². The molecule has 1 aromatic carbocycles. The van der Waals surface area contributed by atoms with Gasteiger partial charge >= 0.3 is 0 Å². The van der Waals surface area contributed by atoms with Crippen molar-refractivity contribution in [2.45, 2.75) is 26.3 Å². The molecule has 0 atom stereocenters. The molecule has 0 aliphatic carbocycles. The Morgan fingerprint density at radius 3 is 1.94 bits per heavy atom. The lowest BCUT2D eigenvalue weighted by Gasteiger charge is -2.38. The number of ether oxygens (including phenoxy) is 2. The van der Waals surface area contributed by atoms with Crippen LogP contribution in [-0.2, 0) is 9.59 Å². The molecule has 3 rings (SSSR count). The monoisotopic (exact) mass is 475 g/mol. The van der Waals surface area contributed by atoms with Gasteiger partial charge in [-0.3, -0.25) is 24.3 Å². The summed E-state index contributed by atoms with van der Waals surface area (Å²) in [6.07, 6.45) is 0. The summed E-state index contributed by atoms with van der Waals surface area (Å²) < 4.78 is 11.0. The number of methoxy groups -OCH3 is 1. The minimum Gasteiger partial charge on any atom is -0.497 e. The first kappa shape index (κ1) is 26.2. The Balaban J connectivity index is 1.28. The van der Waals surface area contributed by atoms with E-state index in [2.05, 4.69) is 20.0 Å². The predicted octanol–water partition coefficient (Wildman–Crippen LogP) is 0.751. The van der Waals surface area contributed by atoms with Crippen LogP contribution in [0.1, 0.15) is 20.8 Å². The van der Waals surface area contributed by atoms with Crippen molar-refractivity contribution in [2.75, 3.05) is 85.7 Å². The second-order valence-corrected chi connectivity index (χ2v) is 10.1. The van der Waals surface area contributed by atoms with Crippen LogP contribution in [0.25, 0.3) is 0 Å². The molecule has 2 amide bonds. The van der Waals surface area contributed by atoms with Crippen molar-refractivity contribution in [1.82, 2.24) is 24.9 Å². The highest BCUT2D eigenvalue weighted by atomic mass is 16.5. The van der Waals surface area contributed by atoms with Crippen molar-refractivity contribution in [3.05, 3.63) is 24.3 Å². The second kappa shape index (κ2) is 12.4. The smallest absolute Gasteiger partial charge is 0.236 e. The first-order chi connectivity index (χ1) is 16.2. The molecule has 34 heavy (non-hydrogen) atoms. The lowest BCUT2D eigenvalue weighted by molar-refractivity contribution is -0.135. The maximum Gasteiger partial charge on any atom is 0.236 e. The zero-order chi connectivity index (χ0) is 24.6. The van der Waals surface area contributed by atoms with E-state index in [9.17, 15) is 9.59 Å². The Labute approximate surface area is 203 Å². The third-order valence-corrected chi connectivity index (χ3v) is 6.17. The Bertz CT molecular complexity index is 779. The summed E-state index contributed by atoms with van der Waals surface area (Å²) in [5.74, 6) is 1.90. The van der Waals surface area contributed by atoms with E-state index >= 15 is 0 Å². The lowest BCUT2D eigenvalue weighted by Crippen LogP contribution is -2.55. The molecular formula is C25H41N5O4.